The van der Waals surface area contributed by atoms with Crippen LogP contribution in [-0.2, 0) is 0 Å². The molecule has 5 rings (SSSR count). The van der Waals surface area contributed by atoms with E-state index in [4.69, 9.17) is 0 Å². The number of para-hydroxylation sites is 1. The molecule has 138 valence electrons. The predicted octanol–water partition coefficient (Wildman–Crippen LogP) is 8.11. The van der Waals surface area contributed by atoms with Gasteiger partial charge in [-0.3, -0.25) is 0 Å². The fourth-order valence-corrected chi connectivity index (χ4v) is 3.86. The molecule has 0 aliphatic carbocycles. The first-order valence-corrected chi connectivity index (χ1v) is 9.82. The van der Waals surface area contributed by atoms with Crippen LogP contribution in [0.25, 0.3) is 27.6 Å². The van der Waals surface area contributed by atoms with Gasteiger partial charge in [-0.15, -0.1) is 0 Å². The van der Waals surface area contributed by atoms with Crippen molar-refractivity contribution >= 4 is 44.7 Å². The summed E-state index contributed by atoms with van der Waals surface area (Å²) in [5, 5.41) is 4.93. The Kier molecular flexibility index (Phi) is 4.34. The molecule has 0 spiro atoms. The van der Waals surface area contributed by atoms with E-state index in [1.54, 1.807) is 0 Å². The number of nitrogens with zero attached hydrogens (tertiary/aromatic N) is 1. The van der Waals surface area contributed by atoms with Gasteiger partial charge in [-0.05, 0) is 69.6 Å². The highest BCUT2D eigenvalue weighted by Gasteiger charge is 2.13. The smallest absolute Gasteiger partial charge is 0.0468 e. The third kappa shape index (κ3) is 3.28. The van der Waals surface area contributed by atoms with Gasteiger partial charge in [0.15, 0.2) is 0 Å². The second-order valence-corrected chi connectivity index (χ2v) is 7.20. The van der Waals surface area contributed by atoms with E-state index in [1.807, 2.05) is 6.08 Å². The van der Waals surface area contributed by atoms with Crippen LogP contribution in [0.3, 0.4) is 0 Å². The zero-order valence-corrected chi connectivity index (χ0v) is 16.1. The van der Waals surface area contributed by atoms with Gasteiger partial charge in [0.05, 0.1) is 0 Å². The van der Waals surface area contributed by atoms with Gasteiger partial charge in [0.25, 0.3) is 0 Å². The van der Waals surface area contributed by atoms with Crippen molar-refractivity contribution in [3.05, 3.63) is 121 Å². The van der Waals surface area contributed by atoms with Crippen LogP contribution in [0.1, 0.15) is 5.56 Å². The quantitative estimate of drug-likeness (QED) is 0.308. The molecule has 1 nitrogen and oxygen atoms in total. The van der Waals surface area contributed by atoms with E-state index in [9.17, 15) is 0 Å². The number of fused-ring (bicyclic) bond motifs is 2. The molecular weight excluding hydrogens is 350 g/mol. The first-order valence-electron chi connectivity index (χ1n) is 9.82. The third-order valence-corrected chi connectivity index (χ3v) is 5.35. The zero-order valence-electron chi connectivity index (χ0n) is 16.1. The van der Waals surface area contributed by atoms with Crippen molar-refractivity contribution in [1.82, 2.24) is 0 Å². The summed E-state index contributed by atoms with van der Waals surface area (Å²) >= 11 is 0. The highest BCUT2D eigenvalue weighted by molar-refractivity contribution is 5.93. The van der Waals surface area contributed by atoms with Crippen molar-refractivity contribution in [3.8, 4) is 0 Å². The molecule has 0 saturated carbocycles. The van der Waals surface area contributed by atoms with Crippen LogP contribution < -0.4 is 4.90 Å². The molecule has 0 saturated heterocycles. The Morgan fingerprint density at radius 3 is 1.76 bits per heavy atom. The minimum Gasteiger partial charge on any atom is -0.310 e. The molecule has 0 N–H and O–H groups in total. The van der Waals surface area contributed by atoms with E-state index in [1.165, 1.54) is 21.5 Å². The monoisotopic (exact) mass is 371 g/mol. The van der Waals surface area contributed by atoms with Gasteiger partial charge in [0.2, 0.25) is 0 Å². The molecule has 5 aromatic carbocycles. The fourth-order valence-electron chi connectivity index (χ4n) is 3.86. The molecule has 0 amide bonds. The first-order chi connectivity index (χ1) is 14.3. The Labute approximate surface area is 171 Å². The van der Waals surface area contributed by atoms with Crippen molar-refractivity contribution in [2.45, 2.75) is 0 Å². The molecule has 0 atom stereocenters. The van der Waals surface area contributed by atoms with Crippen molar-refractivity contribution in [2.75, 3.05) is 4.90 Å². The average molecular weight is 371 g/mol. The van der Waals surface area contributed by atoms with Crippen LogP contribution >= 0.6 is 0 Å². The second-order valence-electron chi connectivity index (χ2n) is 7.20. The number of hydrogen-bond donors (Lipinski definition) is 0. The lowest BCUT2D eigenvalue weighted by atomic mass is 10.0. The first kappa shape index (κ1) is 17.3. The van der Waals surface area contributed by atoms with Gasteiger partial charge in [-0.1, -0.05) is 79.4 Å². The topological polar surface area (TPSA) is 3.24 Å². The third-order valence-electron chi connectivity index (χ3n) is 5.35. The molecule has 5 aromatic rings. The lowest BCUT2D eigenvalue weighted by Gasteiger charge is -2.26. The van der Waals surface area contributed by atoms with E-state index in [-0.39, 0.29) is 0 Å². The van der Waals surface area contributed by atoms with Gasteiger partial charge in [0.1, 0.15) is 0 Å². The summed E-state index contributed by atoms with van der Waals surface area (Å²) in [6, 6.07) is 38.8. The number of anilines is 3. The lowest BCUT2D eigenvalue weighted by Crippen LogP contribution is -2.09. The van der Waals surface area contributed by atoms with Gasteiger partial charge < -0.3 is 4.90 Å². The van der Waals surface area contributed by atoms with Crippen LogP contribution in [0.4, 0.5) is 17.1 Å². The summed E-state index contributed by atoms with van der Waals surface area (Å²) in [7, 11) is 0. The maximum absolute atomic E-state index is 3.88. The fraction of sp³-hybridized carbons (Fsp3) is 0. The van der Waals surface area contributed by atoms with Crippen molar-refractivity contribution < 1.29 is 0 Å². The summed E-state index contributed by atoms with van der Waals surface area (Å²) in [4.78, 5) is 2.31. The number of rotatable bonds is 4. The summed E-state index contributed by atoms with van der Waals surface area (Å²) < 4.78 is 0. The minimum atomic E-state index is 1.14. The second kappa shape index (κ2) is 7.29. The van der Waals surface area contributed by atoms with Crippen molar-refractivity contribution in [3.63, 3.8) is 0 Å². The van der Waals surface area contributed by atoms with E-state index in [0.717, 1.165) is 22.6 Å². The Bertz CT molecular complexity index is 1320. The Morgan fingerprint density at radius 2 is 1.03 bits per heavy atom. The van der Waals surface area contributed by atoms with E-state index >= 15 is 0 Å². The summed E-state index contributed by atoms with van der Waals surface area (Å²) in [5.41, 5.74) is 4.58. The Balaban J connectivity index is 1.69. The van der Waals surface area contributed by atoms with Gasteiger partial charge >= 0.3 is 0 Å². The van der Waals surface area contributed by atoms with E-state index < -0.39 is 0 Å². The molecule has 0 fully saturated rings. The van der Waals surface area contributed by atoms with Crippen LogP contribution in [0.5, 0.6) is 0 Å². The van der Waals surface area contributed by atoms with Crippen molar-refractivity contribution in [1.29, 1.82) is 0 Å². The average Bonchev–Trinajstić information content (AvgIpc) is 2.79. The predicted molar refractivity (Wildman–Crippen MR) is 126 cm³/mol. The summed E-state index contributed by atoms with van der Waals surface area (Å²) in [6.07, 6.45) is 1.89. The molecule has 0 aliphatic rings. The molecule has 29 heavy (non-hydrogen) atoms. The lowest BCUT2D eigenvalue weighted by molar-refractivity contribution is 1.29. The van der Waals surface area contributed by atoms with Crippen molar-refractivity contribution in [2.24, 2.45) is 0 Å². The van der Waals surface area contributed by atoms with Gasteiger partial charge in [-0.2, -0.15) is 0 Å². The maximum atomic E-state index is 3.88. The van der Waals surface area contributed by atoms with Gasteiger partial charge in [-0.25, -0.2) is 0 Å². The number of benzene rings is 5. The largest absolute Gasteiger partial charge is 0.310 e. The van der Waals surface area contributed by atoms with Crippen LogP contribution in [0, 0.1) is 0 Å². The van der Waals surface area contributed by atoms with E-state index in [0.29, 0.717) is 0 Å². The molecule has 1 heteroatoms. The standard InChI is InChI=1S/C28H21N/c1-2-21-12-13-25-20-28(17-15-24(25)18-21)29(26-10-4-3-5-11-26)27-16-14-22-8-6-7-9-23(22)19-27/h2-20H,1H2. The van der Waals surface area contributed by atoms with Crippen LogP contribution in [0.15, 0.2) is 116 Å². The SMILES string of the molecule is C=Cc1ccc2cc(N(c3ccccc3)c3ccc4ccccc4c3)ccc2c1. The van der Waals surface area contributed by atoms with Crippen LogP contribution in [-0.4, -0.2) is 0 Å². The molecule has 0 bridgehead atoms. The molecule has 0 heterocycles. The number of hydrogen-bond acceptors (Lipinski definition) is 1. The molecule has 0 unspecified atom stereocenters. The summed E-state index contributed by atoms with van der Waals surface area (Å²) in [5.74, 6) is 0. The zero-order chi connectivity index (χ0) is 19.6. The minimum absolute atomic E-state index is 1.14. The highest BCUT2D eigenvalue weighted by atomic mass is 15.1. The Hall–Kier alpha value is -3.84. The van der Waals surface area contributed by atoms with Crippen LogP contribution in [0.2, 0.25) is 0 Å². The van der Waals surface area contributed by atoms with Gasteiger partial charge in [0, 0.05) is 17.1 Å². The maximum Gasteiger partial charge on any atom is 0.0468 e. The molecule has 0 radical (unpaired) electrons. The van der Waals surface area contributed by atoms with E-state index in [2.05, 4.69) is 121 Å². The Morgan fingerprint density at radius 1 is 0.483 bits per heavy atom. The molecule has 0 aromatic heterocycles. The highest BCUT2D eigenvalue weighted by Crippen LogP contribution is 2.37. The summed E-state index contributed by atoms with van der Waals surface area (Å²) in [6.45, 7) is 3.88. The normalized spacial score (nSPS) is 10.9. The molecule has 0 aliphatic heterocycles. The molecular formula is C28H21N.